The van der Waals surface area contributed by atoms with E-state index in [-0.39, 0.29) is 29.0 Å². The van der Waals surface area contributed by atoms with E-state index in [4.69, 9.17) is 4.74 Å². The van der Waals surface area contributed by atoms with Crippen LogP contribution in [-0.4, -0.2) is 34.0 Å². The van der Waals surface area contributed by atoms with E-state index in [1.807, 2.05) is 0 Å². The van der Waals surface area contributed by atoms with Gasteiger partial charge in [0.15, 0.2) is 6.61 Å². The van der Waals surface area contributed by atoms with Gasteiger partial charge in [0.2, 0.25) is 5.43 Å². The van der Waals surface area contributed by atoms with Crippen LogP contribution in [-0.2, 0) is 20.9 Å². The Balaban J connectivity index is 1.53. The summed E-state index contributed by atoms with van der Waals surface area (Å²) in [5, 5.41) is 6.96. The minimum absolute atomic E-state index is 0.0645. The minimum Gasteiger partial charge on any atom is -0.456 e. The van der Waals surface area contributed by atoms with E-state index in [1.165, 1.54) is 23.0 Å². The maximum atomic E-state index is 12.6. The smallest absolute Gasteiger partial charge is 0.308 e. The Hall–Kier alpha value is -3.27. The lowest BCUT2D eigenvalue weighted by Crippen LogP contribution is -2.22. The van der Waals surface area contributed by atoms with E-state index in [2.05, 4.69) is 10.4 Å². The van der Waals surface area contributed by atoms with Crippen LogP contribution in [0.5, 0.6) is 0 Å². The van der Waals surface area contributed by atoms with Crippen molar-refractivity contribution in [3.8, 4) is 0 Å². The van der Waals surface area contributed by atoms with Gasteiger partial charge in [-0.1, -0.05) is 36.0 Å². The summed E-state index contributed by atoms with van der Waals surface area (Å²) in [6.07, 6.45) is 1.11. The number of hydrogen-bond acceptors (Lipinski definition) is 6. The second-order valence-electron chi connectivity index (χ2n) is 6.08. The van der Waals surface area contributed by atoms with Crippen molar-refractivity contribution in [2.45, 2.75) is 23.6 Å². The number of carbonyl (C=O) groups is 2. The lowest BCUT2D eigenvalue weighted by atomic mass is 10.2. The number of thioether (sulfide) groups is 1. The topological polar surface area (TPSA) is 90.3 Å². The molecule has 0 aliphatic rings. The quantitative estimate of drug-likeness (QED) is 0.433. The molecule has 0 saturated carbocycles. The van der Waals surface area contributed by atoms with E-state index < -0.39 is 24.2 Å². The standard InChI is InChI=1S/C20H17F2N3O4S/c21-20(22)30-17-8-4-2-6-14(17)24-18(27)12-29-19(28)9-10-25-15-7-3-1-5-13(15)16(26)11-23-25/h1-8,11,20H,9-10,12H2,(H,24,27). The fraction of sp³-hybridized carbons (Fsp3) is 0.200. The molecule has 1 amide bonds. The number of aryl methyl sites for hydroxylation is 1. The third-order valence-corrected chi connectivity index (χ3v) is 4.82. The fourth-order valence-electron chi connectivity index (χ4n) is 2.71. The Kier molecular flexibility index (Phi) is 7.12. The molecule has 0 fully saturated rings. The van der Waals surface area contributed by atoms with E-state index in [0.29, 0.717) is 22.7 Å². The number of esters is 1. The number of anilines is 1. The molecule has 1 N–H and O–H groups in total. The minimum atomic E-state index is -2.63. The van der Waals surface area contributed by atoms with E-state index in [0.717, 1.165) is 0 Å². The zero-order chi connectivity index (χ0) is 21.5. The maximum absolute atomic E-state index is 12.6. The Bertz CT molecular complexity index is 1120. The van der Waals surface area contributed by atoms with Crippen molar-refractivity contribution >= 4 is 40.2 Å². The van der Waals surface area contributed by atoms with Gasteiger partial charge in [-0.2, -0.15) is 13.9 Å². The van der Waals surface area contributed by atoms with Gasteiger partial charge in [-0.15, -0.1) is 0 Å². The van der Waals surface area contributed by atoms with Crippen LogP contribution in [0.15, 0.2) is 64.4 Å². The summed E-state index contributed by atoms with van der Waals surface area (Å²) in [5.41, 5.74) is 0.586. The van der Waals surface area contributed by atoms with Crippen molar-refractivity contribution in [1.29, 1.82) is 0 Å². The first-order chi connectivity index (χ1) is 14.4. The van der Waals surface area contributed by atoms with Gasteiger partial charge in [-0.3, -0.25) is 19.1 Å². The number of hydrogen-bond donors (Lipinski definition) is 1. The first-order valence-electron chi connectivity index (χ1n) is 8.88. The van der Waals surface area contributed by atoms with Crippen molar-refractivity contribution in [1.82, 2.24) is 9.78 Å². The molecule has 0 bridgehead atoms. The van der Waals surface area contributed by atoms with Gasteiger partial charge in [0, 0.05) is 10.3 Å². The second-order valence-corrected chi connectivity index (χ2v) is 7.11. The molecule has 3 aromatic rings. The Labute approximate surface area is 174 Å². The van der Waals surface area contributed by atoms with Crippen LogP contribution in [0.1, 0.15) is 6.42 Å². The number of nitrogens with zero attached hydrogens (tertiary/aromatic N) is 2. The first kappa shape index (κ1) is 21.4. The van der Waals surface area contributed by atoms with Crippen LogP contribution in [0.3, 0.4) is 0 Å². The third kappa shape index (κ3) is 5.63. The van der Waals surface area contributed by atoms with Crippen molar-refractivity contribution in [2.75, 3.05) is 11.9 Å². The zero-order valence-electron chi connectivity index (χ0n) is 15.6. The van der Waals surface area contributed by atoms with Gasteiger partial charge in [0.25, 0.3) is 11.7 Å². The van der Waals surface area contributed by atoms with Gasteiger partial charge in [0.1, 0.15) is 0 Å². The molecule has 0 unspecified atom stereocenters. The number of amides is 1. The molecular weight excluding hydrogens is 416 g/mol. The highest BCUT2D eigenvalue weighted by molar-refractivity contribution is 7.99. The summed E-state index contributed by atoms with van der Waals surface area (Å²) >= 11 is 0.311. The fourth-order valence-corrected chi connectivity index (χ4v) is 3.30. The van der Waals surface area contributed by atoms with Crippen molar-refractivity contribution < 1.29 is 23.1 Å². The number of nitrogens with one attached hydrogen (secondary N) is 1. The number of carbonyl (C=O) groups excluding carboxylic acids is 2. The molecular formula is C20H17F2N3O4S. The van der Waals surface area contributed by atoms with Crippen LogP contribution in [0, 0.1) is 0 Å². The van der Waals surface area contributed by atoms with Crippen LogP contribution in [0.4, 0.5) is 14.5 Å². The number of para-hydroxylation sites is 2. The summed E-state index contributed by atoms with van der Waals surface area (Å²) in [4.78, 5) is 36.0. The SMILES string of the molecule is O=C(COC(=O)CCn1ncc(=O)c2ccccc21)Nc1ccccc1SC(F)F. The Morgan fingerprint density at radius 3 is 2.67 bits per heavy atom. The van der Waals surface area contributed by atoms with Crippen LogP contribution in [0.25, 0.3) is 10.9 Å². The molecule has 0 aliphatic heterocycles. The highest BCUT2D eigenvalue weighted by Crippen LogP contribution is 2.31. The van der Waals surface area contributed by atoms with Crippen molar-refractivity contribution in [3.05, 3.63) is 65.0 Å². The molecule has 10 heteroatoms. The summed E-state index contributed by atoms with van der Waals surface area (Å²) in [5.74, 6) is -3.90. The second kappa shape index (κ2) is 9.97. The third-order valence-electron chi connectivity index (χ3n) is 4.03. The first-order valence-corrected chi connectivity index (χ1v) is 9.76. The molecule has 0 aliphatic carbocycles. The molecule has 30 heavy (non-hydrogen) atoms. The molecule has 0 atom stereocenters. The Morgan fingerprint density at radius 1 is 1.13 bits per heavy atom. The molecule has 1 aromatic heterocycles. The normalized spacial score (nSPS) is 10.9. The van der Waals surface area contributed by atoms with Gasteiger partial charge in [-0.25, -0.2) is 0 Å². The molecule has 156 valence electrons. The van der Waals surface area contributed by atoms with Crippen molar-refractivity contribution in [2.24, 2.45) is 0 Å². The number of fused-ring (bicyclic) bond motifs is 1. The highest BCUT2D eigenvalue weighted by atomic mass is 32.2. The largest absolute Gasteiger partial charge is 0.456 e. The predicted octanol–water partition coefficient (Wildman–Crippen LogP) is 3.28. The average Bonchev–Trinajstić information content (AvgIpc) is 2.73. The van der Waals surface area contributed by atoms with E-state index in [1.54, 1.807) is 36.4 Å². The van der Waals surface area contributed by atoms with E-state index >= 15 is 0 Å². The van der Waals surface area contributed by atoms with Crippen LogP contribution < -0.4 is 10.7 Å². The van der Waals surface area contributed by atoms with Crippen LogP contribution in [0.2, 0.25) is 0 Å². The lowest BCUT2D eigenvalue weighted by molar-refractivity contribution is -0.147. The highest BCUT2D eigenvalue weighted by Gasteiger charge is 2.13. The predicted molar refractivity (Wildman–Crippen MR) is 109 cm³/mol. The lowest BCUT2D eigenvalue weighted by Gasteiger charge is -2.11. The summed E-state index contributed by atoms with van der Waals surface area (Å²) in [6, 6.07) is 13.0. The zero-order valence-corrected chi connectivity index (χ0v) is 16.4. The summed E-state index contributed by atoms with van der Waals surface area (Å²) in [6.45, 7) is -0.389. The van der Waals surface area contributed by atoms with Gasteiger partial charge in [-0.05, 0) is 24.3 Å². The van der Waals surface area contributed by atoms with Gasteiger partial charge < -0.3 is 10.1 Å². The molecule has 0 saturated heterocycles. The molecule has 0 radical (unpaired) electrons. The summed E-state index contributed by atoms with van der Waals surface area (Å²) < 4.78 is 31.6. The molecule has 7 nitrogen and oxygen atoms in total. The van der Waals surface area contributed by atoms with Gasteiger partial charge >= 0.3 is 5.97 Å². The maximum Gasteiger partial charge on any atom is 0.308 e. The van der Waals surface area contributed by atoms with Crippen molar-refractivity contribution in [3.63, 3.8) is 0 Å². The number of aromatic nitrogens is 2. The van der Waals surface area contributed by atoms with Gasteiger partial charge in [0.05, 0.1) is 30.4 Å². The monoisotopic (exact) mass is 433 g/mol. The number of rotatable bonds is 8. The number of alkyl halides is 2. The van der Waals surface area contributed by atoms with Crippen LogP contribution >= 0.6 is 11.8 Å². The molecule has 2 aromatic carbocycles. The average molecular weight is 433 g/mol. The molecule has 3 rings (SSSR count). The number of halogens is 2. The Morgan fingerprint density at radius 2 is 1.87 bits per heavy atom. The molecule has 0 spiro atoms. The molecule has 1 heterocycles. The number of ether oxygens (including phenoxy) is 1. The number of benzene rings is 2. The van der Waals surface area contributed by atoms with E-state index in [9.17, 15) is 23.2 Å². The summed E-state index contributed by atoms with van der Waals surface area (Å²) in [7, 11) is 0.